The summed E-state index contributed by atoms with van der Waals surface area (Å²) in [6.07, 6.45) is 0.0789. The van der Waals surface area contributed by atoms with Gasteiger partial charge in [-0.15, -0.1) is 0 Å². The Kier molecular flexibility index (Phi) is 4.96. The molecule has 4 nitrogen and oxygen atoms in total. The van der Waals surface area contributed by atoms with Gasteiger partial charge in [-0.2, -0.15) is 0 Å². The van der Waals surface area contributed by atoms with Crippen LogP contribution in [-0.4, -0.2) is 50.2 Å². The molecule has 1 heterocycles. The molecule has 2 rings (SSSR count). The zero-order chi connectivity index (χ0) is 13.8. The molecule has 0 aliphatic carbocycles. The number of nitrogens with one attached hydrogen (secondary N) is 1. The molecule has 0 radical (unpaired) electrons. The second-order valence-electron chi connectivity index (χ2n) is 4.76. The van der Waals surface area contributed by atoms with Crippen molar-refractivity contribution in [1.29, 1.82) is 0 Å². The van der Waals surface area contributed by atoms with Crippen molar-refractivity contribution in [3.63, 3.8) is 0 Å². The average molecular weight is 327 g/mol. The molecule has 1 atom stereocenters. The van der Waals surface area contributed by atoms with E-state index >= 15 is 0 Å². The van der Waals surface area contributed by atoms with Crippen LogP contribution in [0.5, 0.6) is 0 Å². The van der Waals surface area contributed by atoms with Crippen molar-refractivity contribution in [3.05, 3.63) is 33.8 Å². The maximum Gasteiger partial charge on any atom is 0.254 e. The van der Waals surface area contributed by atoms with Gasteiger partial charge in [0.15, 0.2) is 0 Å². The summed E-state index contributed by atoms with van der Waals surface area (Å²) in [5.74, 6) is 0.0863. The van der Waals surface area contributed by atoms with Crippen molar-refractivity contribution in [2.24, 2.45) is 0 Å². The number of nitrogens with zero attached hydrogens (tertiary/aromatic N) is 1. The first-order valence-corrected chi connectivity index (χ1v) is 7.22. The van der Waals surface area contributed by atoms with Crippen LogP contribution in [0.1, 0.15) is 15.9 Å². The topological polar surface area (TPSA) is 41.6 Å². The first-order valence-electron chi connectivity index (χ1n) is 6.43. The third-order valence-electron chi connectivity index (χ3n) is 3.29. The van der Waals surface area contributed by atoms with Crippen LogP contribution >= 0.6 is 15.9 Å². The molecular formula is C14H19BrN2O2. The lowest BCUT2D eigenvalue weighted by Gasteiger charge is -2.33. The zero-order valence-corrected chi connectivity index (χ0v) is 12.9. The van der Waals surface area contributed by atoms with E-state index in [2.05, 4.69) is 21.2 Å². The third kappa shape index (κ3) is 3.55. The van der Waals surface area contributed by atoms with Crippen LogP contribution in [0.2, 0.25) is 0 Å². The second-order valence-corrected chi connectivity index (χ2v) is 5.68. The minimum absolute atomic E-state index is 0.0789. The van der Waals surface area contributed by atoms with Gasteiger partial charge in [0, 0.05) is 29.7 Å². The fourth-order valence-corrected chi connectivity index (χ4v) is 2.61. The number of amides is 1. The lowest BCUT2D eigenvalue weighted by molar-refractivity contribution is -0.0196. The van der Waals surface area contributed by atoms with E-state index in [0.29, 0.717) is 19.7 Å². The minimum atomic E-state index is 0.0789. The first-order chi connectivity index (χ1) is 9.11. The summed E-state index contributed by atoms with van der Waals surface area (Å²) >= 11 is 3.42. The van der Waals surface area contributed by atoms with Crippen LogP contribution in [0.15, 0.2) is 22.7 Å². The standard InChI is InChI=1S/C14H19BrN2O2/c1-10-3-4-11(15)7-13(10)14(18)17-5-6-19-12(9-17)8-16-2/h3-4,7,12,16H,5-6,8-9H2,1-2H3. The summed E-state index contributed by atoms with van der Waals surface area (Å²) in [5.41, 5.74) is 1.77. The Bertz CT molecular complexity index is 463. The van der Waals surface area contributed by atoms with Crippen LogP contribution in [0.4, 0.5) is 0 Å². The van der Waals surface area contributed by atoms with Crippen molar-refractivity contribution >= 4 is 21.8 Å². The summed E-state index contributed by atoms with van der Waals surface area (Å²) in [5, 5.41) is 3.09. The van der Waals surface area contributed by atoms with Gasteiger partial charge >= 0.3 is 0 Å². The molecule has 1 aliphatic rings. The predicted molar refractivity (Wildman–Crippen MR) is 78.4 cm³/mol. The second kappa shape index (κ2) is 6.50. The third-order valence-corrected chi connectivity index (χ3v) is 3.78. The molecule has 1 N–H and O–H groups in total. The molecule has 0 aromatic heterocycles. The Labute approximate surface area is 122 Å². The smallest absolute Gasteiger partial charge is 0.254 e. The largest absolute Gasteiger partial charge is 0.373 e. The van der Waals surface area contributed by atoms with Crippen molar-refractivity contribution in [1.82, 2.24) is 10.2 Å². The molecule has 0 saturated carbocycles. The van der Waals surface area contributed by atoms with Gasteiger partial charge in [0.2, 0.25) is 0 Å². The van der Waals surface area contributed by atoms with Gasteiger partial charge < -0.3 is 15.0 Å². The molecule has 19 heavy (non-hydrogen) atoms. The number of hydrogen-bond acceptors (Lipinski definition) is 3. The SMILES string of the molecule is CNCC1CN(C(=O)c2cc(Br)ccc2C)CCO1. The lowest BCUT2D eigenvalue weighted by atomic mass is 10.1. The van der Waals surface area contributed by atoms with Crippen LogP contribution in [0, 0.1) is 6.92 Å². The molecule has 0 bridgehead atoms. The number of morpholine rings is 1. The monoisotopic (exact) mass is 326 g/mol. The van der Waals surface area contributed by atoms with Gasteiger partial charge in [0.05, 0.1) is 12.7 Å². The highest BCUT2D eigenvalue weighted by atomic mass is 79.9. The molecule has 1 aromatic rings. The van der Waals surface area contributed by atoms with E-state index in [9.17, 15) is 4.79 Å². The highest BCUT2D eigenvalue weighted by Crippen LogP contribution is 2.19. The Morgan fingerprint density at radius 2 is 2.37 bits per heavy atom. The van der Waals surface area contributed by atoms with Crippen LogP contribution in [-0.2, 0) is 4.74 Å². The minimum Gasteiger partial charge on any atom is -0.373 e. The van der Waals surface area contributed by atoms with E-state index in [1.807, 2.05) is 37.1 Å². The van der Waals surface area contributed by atoms with Gasteiger partial charge in [-0.3, -0.25) is 4.79 Å². The molecule has 1 aromatic carbocycles. The lowest BCUT2D eigenvalue weighted by Crippen LogP contribution is -2.48. The first kappa shape index (κ1) is 14.5. The normalized spacial score (nSPS) is 19.5. The Morgan fingerprint density at radius 3 is 3.11 bits per heavy atom. The highest BCUT2D eigenvalue weighted by molar-refractivity contribution is 9.10. The quantitative estimate of drug-likeness (QED) is 0.921. The summed E-state index contributed by atoms with van der Waals surface area (Å²) < 4.78 is 6.55. The zero-order valence-electron chi connectivity index (χ0n) is 11.3. The molecule has 1 saturated heterocycles. The van der Waals surface area contributed by atoms with Gasteiger partial charge in [-0.05, 0) is 31.7 Å². The molecule has 104 valence electrons. The molecule has 1 fully saturated rings. The van der Waals surface area contributed by atoms with Crippen LogP contribution < -0.4 is 5.32 Å². The fourth-order valence-electron chi connectivity index (χ4n) is 2.25. The number of halogens is 1. The van der Waals surface area contributed by atoms with Gasteiger partial charge in [0.1, 0.15) is 0 Å². The maximum atomic E-state index is 12.6. The number of ether oxygens (including phenoxy) is 1. The number of carbonyl (C=O) groups is 1. The predicted octanol–water partition coefficient (Wildman–Crippen LogP) is 1.82. The highest BCUT2D eigenvalue weighted by Gasteiger charge is 2.25. The fraction of sp³-hybridized carbons (Fsp3) is 0.500. The molecule has 1 unspecified atom stereocenters. The van der Waals surface area contributed by atoms with E-state index in [0.717, 1.165) is 22.1 Å². The van der Waals surface area contributed by atoms with E-state index in [1.54, 1.807) is 0 Å². The number of rotatable bonds is 3. The van der Waals surface area contributed by atoms with E-state index in [1.165, 1.54) is 0 Å². The maximum absolute atomic E-state index is 12.6. The number of hydrogen-bond donors (Lipinski definition) is 1. The Hall–Kier alpha value is -0.910. The van der Waals surface area contributed by atoms with E-state index in [-0.39, 0.29) is 12.0 Å². The molecule has 1 aliphatic heterocycles. The van der Waals surface area contributed by atoms with Crippen LogP contribution in [0.25, 0.3) is 0 Å². The summed E-state index contributed by atoms with van der Waals surface area (Å²) in [6, 6.07) is 5.80. The molecule has 0 spiro atoms. The van der Waals surface area contributed by atoms with Crippen molar-refractivity contribution in [2.75, 3.05) is 33.3 Å². The molecular weight excluding hydrogens is 308 g/mol. The Balaban J connectivity index is 2.12. The van der Waals surface area contributed by atoms with Crippen LogP contribution in [0.3, 0.4) is 0 Å². The van der Waals surface area contributed by atoms with E-state index < -0.39 is 0 Å². The van der Waals surface area contributed by atoms with Gasteiger partial charge in [-0.1, -0.05) is 22.0 Å². The van der Waals surface area contributed by atoms with Crippen molar-refractivity contribution in [3.8, 4) is 0 Å². The molecule has 5 heteroatoms. The van der Waals surface area contributed by atoms with Crippen molar-refractivity contribution < 1.29 is 9.53 Å². The van der Waals surface area contributed by atoms with Gasteiger partial charge in [-0.25, -0.2) is 0 Å². The Morgan fingerprint density at radius 1 is 1.58 bits per heavy atom. The van der Waals surface area contributed by atoms with Crippen molar-refractivity contribution in [2.45, 2.75) is 13.0 Å². The average Bonchev–Trinajstić information content (AvgIpc) is 2.41. The number of benzene rings is 1. The summed E-state index contributed by atoms with van der Waals surface area (Å²) in [7, 11) is 1.89. The van der Waals surface area contributed by atoms with E-state index in [4.69, 9.17) is 4.74 Å². The summed E-state index contributed by atoms with van der Waals surface area (Å²) in [6.45, 7) is 4.63. The van der Waals surface area contributed by atoms with Gasteiger partial charge in [0.25, 0.3) is 5.91 Å². The molecule has 1 amide bonds. The number of carbonyl (C=O) groups excluding carboxylic acids is 1. The number of likely N-dealkylation sites (N-methyl/N-ethyl adjacent to an activating group) is 1. The number of aryl methyl sites for hydroxylation is 1. The summed E-state index contributed by atoms with van der Waals surface area (Å²) in [4.78, 5) is 14.4.